The summed E-state index contributed by atoms with van der Waals surface area (Å²) in [6.45, 7) is 11.7. The van der Waals surface area contributed by atoms with Crippen LogP contribution in [-0.2, 0) is 10.2 Å². The average molecular weight is 402 g/mol. The summed E-state index contributed by atoms with van der Waals surface area (Å²) in [5.74, 6) is 0.00832. The van der Waals surface area contributed by atoms with Crippen LogP contribution in [0.25, 0.3) is 0 Å². The summed E-state index contributed by atoms with van der Waals surface area (Å²) in [6.07, 6.45) is 0. The Balaban J connectivity index is 2.05. The SMILES string of the molecule is CCN(CC(=O)O)C(C)COc1ccccc1Sc1ccc(C(C)(C)C)cc1. The molecule has 0 spiro atoms. The Morgan fingerprint density at radius 3 is 2.36 bits per heavy atom. The highest BCUT2D eigenvalue weighted by molar-refractivity contribution is 7.99. The number of ether oxygens (including phenoxy) is 1. The van der Waals surface area contributed by atoms with Crippen molar-refractivity contribution in [2.75, 3.05) is 19.7 Å². The van der Waals surface area contributed by atoms with Crippen molar-refractivity contribution < 1.29 is 14.6 Å². The molecule has 1 N–H and O–H groups in total. The molecule has 5 heteroatoms. The van der Waals surface area contributed by atoms with Crippen molar-refractivity contribution >= 4 is 17.7 Å². The van der Waals surface area contributed by atoms with E-state index in [9.17, 15) is 4.79 Å². The first-order chi connectivity index (χ1) is 13.2. The van der Waals surface area contributed by atoms with Crippen molar-refractivity contribution in [3.8, 4) is 5.75 Å². The average Bonchev–Trinajstić information content (AvgIpc) is 2.64. The van der Waals surface area contributed by atoms with Crippen LogP contribution in [0.2, 0.25) is 0 Å². The van der Waals surface area contributed by atoms with E-state index in [-0.39, 0.29) is 18.0 Å². The summed E-state index contributed by atoms with van der Waals surface area (Å²) in [4.78, 5) is 15.1. The van der Waals surface area contributed by atoms with Crippen LogP contribution in [-0.4, -0.2) is 41.7 Å². The standard InChI is InChI=1S/C23H31NO3S/c1-6-24(15-22(25)26)17(2)16-27-20-9-7-8-10-21(20)28-19-13-11-18(12-14-19)23(3,4)5/h7-14,17H,6,15-16H2,1-5H3,(H,25,26). The molecular weight excluding hydrogens is 370 g/mol. The highest BCUT2D eigenvalue weighted by atomic mass is 32.2. The van der Waals surface area contributed by atoms with Crippen LogP contribution in [0.4, 0.5) is 0 Å². The fraction of sp³-hybridized carbons (Fsp3) is 0.435. The van der Waals surface area contributed by atoms with Crippen LogP contribution in [0.15, 0.2) is 58.3 Å². The molecule has 0 radical (unpaired) electrons. The van der Waals surface area contributed by atoms with Crippen molar-refractivity contribution in [1.29, 1.82) is 0 Å². The second-order valence-electron chi connectivity index (χ2n) is 7.94. The second kappa shape index (κ2) is 9.99. The molecule has 4 nitrogen and oxygen atoms in total. The smallest absolute Gasteiger partial charge is 0.317 e. The number of carbonyl (C=O) groups is 1. The number of hydrogen-bond donors (Lipinski definition) is 1. The monoisotopic (exact) mass is 401 g/mol. The predicted octanol–water partition coefficient (Wildman–Crippen LogP) is 5.31. The molecule has 0 aliphatic heterocycles. The van der Waals surface area contributed by atoms with Gasteiger partial charge in [-0.05, 0) is 48.7 Å². The molecule has 152 valence electrons. The van der Waals surface area contributed by atoms with Crippen LogP contribution < -0.4 is 4.74 Å². The van der Waals surface area contributed by atoms with Gasteiger partial charge in [-0.2, -0.15) is 0 Å². The van der Waals surface area contributed by atoms with E-state index in [0.29, 0.717) is 13.2 Å². The molecule has 0 amide bonds. The lowest BCUT2D eigenvalue weighted by molar-refractivity contribution is -0.138. The molecule has 28 heavy (non-hydrogen) atoms. The Labute approximate surface area is 172 Å². The lowest BCUT2D eigenvalue weighted by atomic mass is 9.87. The molecule has 0 saturated heterocycles. The number of rotatable bonds is 9. The van der Waals surface area contributed by atoms with E-state index < -0.39 is 5.97 Å². The van der Waals surface area contributed by atoms with E-state index in [2.05, 4.69) is 51.1 Å². The van der Waals surface area contributed by atoms with E-state index in [1.54, 1.807) is 11.8 Å². The highest BCUT2D eigenvalue weighted by Crippen LogP contribution is 2.36. The Bertz CT molecular complexity index is 768. The van der Waals surface area contributed by atoms with Crippen LogP contribution in [0.3, 0.4) is 0 Å². The maximum Gasteiger partial charge on any atom is 0.317 e. The van der Waals surface area contributed by atoms with Crippen LogP contribution >= 0.6 is 11.8 Å². The summed E-state index contributed by atoms with van der Waals surface area (Å²) < 4.78 is 6.06. The van der Waals surface area contributed by atoms with Crippen molar-refractivity contribution in [3.63, 3.8) is 0 Å². The molecule has 0 fully saturated rings. The number of likely N-dealkylation sites (N-methyl/N-ethyl adjacent to an activating group) is 1. The largest absolute Gasteiger partial charge is 0.491 e. The van der Waals surface area contributed by atoms with Crippen molar-refractivity contribution in [1.82, 2.24) is 4.90 Å². The van der Waals surface area contributed by atoms with Gasteiger partial charge in [-0.3, -0.25) is 9.69 Å². The van der Waals surface area contributed by atoms with Crippen molar-refractivity contribution in [3.05, 3.63) is 54.1 Å². The molecule has 1 atom stereocenters. The Morgan fingerprint density at radius 1 is 1.14 bits per heavy atom. The zero-order valence-electron chi connectivity index (χ0n) is 17.4. The molecule has 0 bridgehead atoms. The molecular formula is C23H31NO3S. The van der Waals surface area contributed by atoms with Gasteiger partial charge in [0.15, 0.2) is 0 Å². The molecule has 0 aromatic heterocycles. The number of hydrogen-bond acceptors (Lipinski definition) is 4. The molecule has 2 rings (SSSR count). The van der Waals surface area contributed by atoms with Gasteiger partial charge in [0, 0.05) is 10.9 Å². The van der Waals surface area contributed by atoms with Gasteiger partial charge in [0.05, 0.1) is 11.4 Å². The highest BCUT2D eigenvalue weighted by Gasteiger charge is 2.17. The summed E-state index contributed by atoms with van der Waals surface area (Å²) in [5, 5.41) is 9.04. The topological polar surface area (TPSA) is 49.8 Å². The normalized spacial score (nSPS) is 12.8. The van der Waals surface area contributed by atoms with E-state index in [4.69, 9.17) is 9.84 Å². The Morgan fingerprint density at radius 2 is 1.79 bits per heavy atom. The summed E-state index contributed by atoms with van der Waals surface area (Å²) >= 11 is 1.68. The zero-order valence-corrected chi connectivity index (χ0v) is 18.3. The van der Waals surface area contributed by atoms with Crippen LogP contribution in [0.5, 0.6) is 5.75 Å². The quantitative estimate of drug-likeness (QED) is 0.617. The molecule has 0 aliphatic carbocycles. The summed E-state index contributed by atoms with van der Waals surface area (Å²) in [7, 11) is 0. The Kier molecular flexibility index (Phi) is 7.96. The molecule has 0 heterocycles. The Hall–Kier alpha value is -1.98. The van der Waals surface area contributed by atoms with Gasteiger partial charge in [-0.15, -0.1) is 0 Å². The minimum absolute atomic E-state index is 0.0187. The third kappa shape index (κ3) is 6.57. The third-order valence-electron chi connectivity index (χ3n) is 4.65. The first kappa shape index (κ1) is 22.3. The van der Waals surface area contributed by atoms with Crippen molar-refractivity contribution in [2.24, 2.45) is 0 Å². The summed E-state index contributed by atoms with van der Waals surface area (Å²) in [6, 6.07) is 16.7. The maximum absolute atomic E-state index is 11.0. The summed E-state index contributed by atoms with van der Waals surface area (Å²) in [5.41, 5.74) is 1.45. The number of aliphatic carboxylic acids is 1. The third-order valence-corrected chi connectivity index (χ3v) is 5.71. The van der Waals surface area contributed by atoms with E-state index in [1.807, 2.05) is 36.9 Å². The van der Waals surface area contributed by atoms with Crippen LogP contribution in [0.1, 0.15) is 40.2 Å². The van der Waals surface area contributed by atoms with Gasteiger partial charge in [0.1, 0.15) is 12.4 Å². The number of benzene rings is 2. The van der Waals surface area contributed by atoms with Gasteiger partial charge in [-0.1, -0.05) is 63.7 Å². The van der Waals surface area contributed by atoms with Gasteiger partial charge in [0.25, 0.3) is 0 Å². The van der Waals surface area contributed by atoms with E-state index in [0.717, 1.165) is 15.5 Å². The number of carboxylic acids is 1. The second-order valence-corrected chi connectivity index (χ2v) is 9.06. The van der Waals surface area contributed by atoms with Gasteiger partial charge in [-0.25, -0.2) is 0 Å². The molecule has 1 unspecified atom stereocenters. The van der Waals surface area contributed by atoms with E-state index in [1.165, 1.54) is 5.56 Å². The van der Waals surface area contributed by atoms with Gasteiger partial charge >= 0.3 is 5.97 Å². The number of para-hydroxylation sites is 1. The fourth-order valence-electron chi connectivity index (χ4n) is 2.87. The van der Waals surface area contributed by atoms with Crippen molar-refractivity contribution in [2.45, 2.75) is 55.9 Å². The van der Waals surface area contributed by atoms with Gasteiger partial charge < -0.3 is 9.84 Å². The lowest BCUT2D eigenvalue weighted by Gasteiger charge is -2.26. The minimum Gasteiger partial charge on any atom is -0.491 e. The number of nitrogens with zero attached hydrogens (tertiary/aromatic N) is 1. The minimum atomic E-state index is -0.816. The molecule has 0 aliphatic rings. The van der Waals surface area contributed by atoms with Crippen LogP contribution in [0, 0.1) is 0 Å². The zero-order chi connectivity index (χ0) is 20.7. The lowest BCUT2D eigenvalue weighted by Crippen LogP contribution is -2.40. The molecule has 0 saturated carbocycles. The van der Waals surface area contributed by atoms with Gasteiger partial charge in [0.2, 0.25) is 0 Å². The molecule has 2 aromatic carbocycles. The first-order valence-corrected chi connectivity index (χ1v) is 10.5. The number of carboxylic acid groups (broad SMARTS) is 1. The first-order valence-electron chi connectivity index (χ1n) is 9.66. The van der Waals surface area contributed by atoms with E-state index >= 15 is 0 Å². The maximum atomic E-state index is 11.0. The predicted molar refractivity (Wildman–Crippen MR) is 116 cm³/mol. The fourth-order valence-corrected chi connectivity index (χ4v) is 3.77. The molecule has 2 aromatic rings.